The van der Waals surface area contributed by atoms with E-state index in [0.29, 0.717) is 22.6 Å². The molecule has 1 atom stereocenters. The van der Waals surface area contributed by atoms with Gasteiger partial charge in [0.2, 0.25) is 0 Å². The highest BCUT2D eigenvalue weighted by atomic mass is 79.9. The molecule has 1 saturated carbocycles. The SMILES string of the molecule is COc1cccc(C2/C(=C(\O)c3cccc(Br)c3)C(=O)C(=O)N2C2CC2)c1OC. The summed E-state index contributed by atoms with van der Waals surface area (Å²) < 4.78 is 11.7. The lowest BCUT2D eigenvalue weighted by atomic mass is 9.94. The molecule has 0 radical (unpaired) electrons. The zero-order valence-corrected chi connectivity index (χ0v) is 17.6. The van der Waals surface area contributed by atoms with E-state index in [2.05, 4.69) is 15.9 Å². The van der Waals surface area contributed by atoms with E-state index in [9.17, 15) is 14.7 Å². The minimum Gasteiger partial charge on any atom is -0.507 e. The number of benzene rings is 2. The number of hydrogen-bond acceptors (Lipinski definition) is 5. The lowest BCUT2D eigenvalue weighted by Crippen LogP contribution is -2.31. The number of aliphatic hydroxyl groups excluding tert-OH is 1. The van der Waals surface area contributed by atoms with Crippen LogP contribution in [-0.4, -0.2) is 42.0 Å². The number of amides is 1. The van der Waals surface area contributed by atoms with Gasteiger partial charge in [0, 0.05) is 21.6 Å². The molecule has 0 aromatic heterocycles. The summed E-state index contributed by atoms with van der Waals surface area (Å²) in [6.07, 6.45) is 1.65. The van der Waals surface area contributed by atoms with Crippen LogP contribution in [0.25, 0.3) is 5.76 Å². The molecule has 1 unspecified atom stereocenters. The number of nitrogens with zero attached hydrogens (tertiary/aromatic N) is 1. The fourth-order valence-corrected chi connectivity index (χ4v) is 4.20. The molecule has 1 aliphatic heterocycles. The van der Waals surface area contributed by atoms with E-state index < -0.39 is 17.7 Å². The summed E-state index contributed by atoms with van der Waals surface area (Å²) in [5.41, 5.74) is 1.13. The van der Waals surface area contributed by atoms with Gasteiger partial charge in [-0.25, -0.2) is 0 Å². The molecule has 2 aromatic carbocycles. The molecule has 2 aliphatic rings. The summed E-state index contributed by atoms with van der Waals surface area (Å²) in [5.74, 6) is -0.563. The topological polar surface area (TPSA) is 76.1 Å². The number of para-hydroxylation sites is 1. The van der Waals surface area contributed by atoms with Crippen molar-refractivity contribution in [2.75, 3.05) is 14.2 Å². The number of ether oxygens (including phenoxy) is 2. The van der Waals surface area contributed by atoms with Crippen LogP contribution in [0, 0.1) is 0 Å². The number of carbonyl (C=O) groups excluding carboxylic acids is 2. The first-order chi connectivity index (χ1) is 14.0. The van der Waals surface area contributed by atoms with Crippen molar-refractivity contribution >= 4 is 33.4 Å². The summed E-state index contributed by atoms with van der Waals surface area (Å²) >= 11 is 3.38. The Hall–Kier alpha value is -2.80. The molecule has 2 aromatic rings. The second-order valence-corrected chi connectivity index (χ2v) is 7.95. The van der Waals surface area contributed by atoms with Crippen molar-refractivity contribution in [2.24, 2.45) is 0 Å². The Morgan fingerprint density at radius 1 is 1.10 bits per heavy atom. The molecule has 1 aliphatic carbocycles. The third kappa shape index (κ3) is 3.29. The molecule has 0 spiro atoms. The molecule has 1 N–H and O–H groups in total. The smallest absolute Gasteiger partial charge is 0.295 e. The van der Waals surface area contributed by atoms with Gasteiger partial charge >= 0.3 is 0 Å². The number of carbonyl (C=O) groups is 2. The van der Waals surface area contributed by atoms with E-state index in [4.69, 9.17) is 9.47 Å². The van der Waals surface area contributed by atoms with Gasteiger partial charge in [-0.15, -0.1) is 0 Å². The number of ketones is 1. The number of Topliss-reactive ketones (excluding diaryl/α,β-unsaturated/α-hetero) is 1. The zero-order chi connectivity index (χ0) is 20.7. The maximum atomic E-state index is 13.0. The highest BCUT2D eigenvalue weighted by Gasteiger charge is 2.52. The summed E-state index contributed by atoms with van der Waals surface area (Å²) in [7, 11) is 3.04. The van der Waals surface area contributed by atoms with Gasteiger partial charge in [0.1, 0.15) is 5.76 Å². The number of halogens is 1. The van der Waals surface area contributed by atoms with Crippen LogP contribution in [0.5, 0.6) is 11.5 Å². The standard InChI is InChI=1S/C22H20BrNO5/c1-28-16-8-4-7-15(21(16)29-2)18-17(19(25)12-5-3-6-13(23)11-12)20(26)22(27)24(18)14-9-10-14/h3-8,11,14,18,25H,9-10H2,1-2H3/b19-17+. The van der Waals surface area contributed by atoms with Crippen LogP contribution in [0.3, 0.4) is 0 Å². The van der Waals surface area contributed by atoms with Gasteiger partial charge < -0.3 is 19.5 Å². The number of hydrogen-bond donors (Lipinski definition) is 1. The predicted octanol–water partition coefficient (Wildman–Crippen LogP) is 4.05. The Morgan fingerprint density at radius 3 is 2.45 bits per heavy atom. The third-order valence-corrected chi connectivity index (χ3v) is 5.74. The van der Waals surface area contributed by atoms with Gasteiger partial charge in [0.05, 0.1) is 25.8 Å². The molecule has 0 bridgehead atoms. The van der Waals surface area contributed by atoms with Crippen LogP contribution in [0.2, 0.25) is 0 Å². The van der Waals surface area contributed by atoms with Gasteiger partial charge in [-0.1, -0.05) is 40.2 Å². The van der Waals surface area contributed by atoms with Crippen molar-refractivity contribution in [1.82, 2.24) is 4.90 Å². The van der Waals surface area contributed by atoms with Crippen molar-refractivity contribution in [3.8, 4) is 11.5 Å². The summed E-state index contributed by atoms with van der Waals surface area (Å²) in [6.45, 7) is 0. The first kappa shape index (κ1) is 19.5. The van der Waals surface area contributed by atoms with E-state index in [-0.39, 0.29) is 17.4 Å². The second kappa shape index (κ2) is 7.55. The van der Waals surface area contributed by atoms with Crippen LogP contribution in [-0.2, 0) is 9.59 Å². The first-order valence-electron chi connectivity index (χ1n) is 9.24. The number of likely N-dealkylation sites (tertiary alicyclic amines) is 1. The first-order valence-corrected chi connectivity index (χ1v) is 10.0. The molecule has 1 saturated heterocycles. The quantitative estimate of drug-likeness (QED) is 0.416. The van der Waals surface area contributed by atoms with Crippen LogP contribution in [0.4, 0.5) is 0 Å². The molecule has 29 heavy (non-hydrogen) atoms. The molecular formula is C22H20BrNO5. The fraction of sp³-hybridized carbons (Fsp3) is 0.273. The van der Waals surface area contributed by atoms with Crippen molar-refractivity contribution in [1.29, 1.82) is 0 Å². The van der Waals surface area contributed by atoms with Crippen molar-refractivity contribution in [3.63, 3.8) is 0 Å². The van der Waals surface area contributed by atoms with Gasteiger partial charge in [-0.05, 0) is 31.0 Å². The Morgan fingerprint density at radius 2 is 1.83 bits per heavy atom. The minimum absolute atomic E-state index is 0.0276. The molecule has 150 valence electrons. The molecule has 1 amide bonds. The van der Waals surface area contributed by atoms with Gasteiger partial charge in [0.25, 0.3) is 11.7 Å². The van der Waals surface area contributed by atoms with Crippen LogP contribution < -0.4 is 9.47 Å². The number of rotatable bonds is 5. The lowest BCUT2D eigenvalue weighted by Gasteiger charge is -2.27. The van der Waals surface area contributed by atoms with E-state index in [1.165, 1.54) is 14.2 Å². The van der Waals surface area contributed by atoms with Crippen molar-refractivity contribution in [2.45, 2.75) is 24.9 Å². The minimum atomic E-state index is -0.744. The summed E-state index contributed by atoms with van der Waals surface area (Å²) in [4.78, 5) is 27.5. The largest absolute Gasteiger partial charge is 0.507 e. The lowest BCUT2D eigenvalue weighted by molar-refractivity contribution is -0.140. The molecule has 2 fully saturated rings. The zero-order valence-electron chi connectivity index (χ0n) is 16.0. The maximum Gasteiger partial charge on any atom is 0.295 e. The van der Waals surface area contributed by atoms with Gasteiger partial charge in [-0.3, -0.25) is 9.59 Å². The van der Waals surface area contributed by atoms with E-state index >= 15 is 0 Å². The number of aliphatic hydroxyl groups is 1. The Balaban J connectivity index is 1.96. The van der Waals surface area contributed by atoms with Gasteiger partial charge in [-0.2, -0.15) is 0 Å². The fourth-order valence-electron chi connectivity index (χ4n) is 3.80. The average Bonchev–Trinajstić information content (AvgIpc) is 3.53. The molecule has 1 heterocycles. The van der Waals surface area contributed by atoms with Gasteiger partial charge in [0.15, 0.2) is 11.5 Å². The highest BCUT2D eigenvalue weighted by Crippen LogP contribution is 2.49. The number of methoxy groups -OCH3 is 2. The van der Waals surface area contributed by atoms with Crippen LogP contribution in [0.15, 0.2) is 52.5 Å². The Bertz CT molecular complexity index is 1030. The third-order valence-electron chi connectivity index (χ3n) is 5.25. The molecule has 7 heteroatoms. The molecular weight excluding hydrogens is 438 g/mol. The van der Waals surface area contributed by atoms with E-state index in [1.54, 1.807) is 41.3 Å². The van der Waals surface area contributed by atoms with Crippen LogP contribution in [0.1, 0.15) is 30.0 Å². The average molecular weight is 458 g/mol. The highest BCUT2D eigenvalue weighted by molar-refractivity contribution is 9.10. The second-order valence-electron chi connectivity index (χ2n) is 7.03. The Kier molecular flexibility index (Phi) is 5.08. The molecule has 4 rings (SSSR count). The Labute approximate surface area is 176 Å². The van der Waals surface area contributed by atoms with E-state index in [0.717, 1.165) is 17.3 Å². The predicted molar refractivity (Wildman–Crippen MR) is 111 cm³/mol. The molecule has 6 nitrogen and oxygen atoms in total. The van der Waals surface area contributed by atoms with E-state index in [1.807, 2.05) is 6.07 Å². The maximum absolute atomic E-state index is 13.0. The van der Waals surface area contributed by atoms with Crippen LogP contribution >= 0.6 is 15.9 Å². The summed E-state index contributed by atoms with van der Waals surface area (Å²) in [6, 6.07) is 11.5. The monoisotopic (exact) mass is 457 g/mol. The van der Waals surface area contributed by atoms with Crippen molar-refractivity contribution < 1.29 is 24.2 Å². The normalized spacial score (nSPS) is 20.8. The summed E-state index contributed by atoms with van der Waals surface area (Å²) in [5, 5.41) is 11.1. The van der Waals surface area contributed by atoms with Crippen molar-refractivity contribution in [3.05, 3.63) is 63.6 Å².